The second kappa shape index (κ2) is 8.53. The average Bonchev–Trinajstić information content (AvgIpc) is 3.41. The molecule has 0 spiro atoms. The molecule has 29 heavy (non-hydrogen) atoms. The lowest BCUT2D eigenvalue weighted by Gasteiger charge is -2.06. The van der Waals surface area contributed by atoms with Crippen molar-refractivity contribution in [2.45, 2.75) is 6.54 Å². The van der Waals surface area contributed by atoms with Gasteiger partial charge in [0.15, 0.2) is 5.76 Å². The summed E-state index contributed by atoms with van der Waals surface area (Å²) < 4.78 is 6.15. The molecule has 2 N–H and O–H groups in total. The van der Waals surface area contributed by atoms with Crippen LogP contribution in [0.4, 0.5) is 5.69 Å². The first-order chi connectivity index (χ1) is 14.2. The van der Waals surface area contributed by atoms with Gasteiger partial charge in [-0.2, -0.15) is 0 Å². The number of para-hydroxylation sites is 1. The summed E-state index contributed by atoms with van der Waals surface area (Å²) in [7, 11) is 0. The molecule has 0 atom stereocenters. The molecule has 2 heterocycles. The third-order valence-electron chi connectivity index (χ3n) is 4.11. The number of fused-ring (bicyclic) bond motifs is 1. The number of amides is 2. The predicted octanol–water partition coefficient (Wildman–Crippen LogP) is 4.47. The van der Waals surface area contributed by atoms with Crippen molar-refractivity contribution in [3.8, 4) is 0 Å². The van der Waals surface area contributed by atoms with Crippen molar-refractivity contribution in [2.75, 3.05) is 5.32 Å². The molecular formula is C22H17N3O3S. The van der Waals surface area contributed by atoms with Crippen molar-refractivity contribution in [3.63, 3.8) is 0 Å². The van der Waals surface area contributed by atoms with Gasteiger partial charge in [0.05, 0.1) is 16.5 Å². The molecule has 0 aliphatic heterocycles. The highest BCUT2D eigenvalue weighted by molar-refractivity contribution is 7.19. The summed E-state index contributed by atoms with van der Waals surface area (Å²) in [5.74, 6) is -0.253. The minimum Gasteiger partial charge on any atom is -0.459 e. The van der Waals surface area contributed by atoms with E-state index in [0.29, 0.717) is 12.2 Å². The van der Waals surface area contributed by atoms with Crippen LogP contribution in [-0.4, -0.2) is 16.8 Å². The number of nitrogens with zero attached hydrogens (tertiary/aromatic N) is 1. The van der Waals surface area contributed by atoms with Gasteiger partial charge in [-0.3, -0.25) is 9.59 Å². The van der Waals surface area contributed by atoms with E-state index in [9.17, 15) is 9.59 Å². The van der Waals surface area contributed by atoms with Crippen LogP contribution >= 0.6 is 11.3 Å². The van der Waals surface area contributed by atoms with E-state index < -0.39 is 0 Å². The zero-order chi connectivity index (χ0) is 20.1. The SMILES string of the molecule is O=C(/C=C/c1nc2ccccc2s1)NCc1ccc(NC(=O)c2ccco2)cc1. The van der Waals surface area contributed by atoms with Gasteiger partial charge in [0.1, 0.15) is 5.01 Å². The summed E-state index contributed by atoms with van der Waals surface area (Å²) in [5, 5.41) is 6.37. The fourth-order valence-corrected chi connectivity index (χ4v) is 3.53. The quantitative estimate of drug-likeness (QED) is 0.465. The van der Waals surface area contributed by atoms with Crippen LogP contribution in [0.25, 0.3) is 16.3 Å². The standard InChI is InChI=1S/C22H17N3O3S/c26-20(11-12-21-25-17-4-1-2-6-19(17)29-21)23-14-15-7-9-16(10-8-15)24-22(27)18-5-3-13-28-18/h1-13H,14H2,(H,23,26)(H,24,27)/b12-11+. The average molecular weight is 403 g/mol. The van der Waals surface area contributed by atoms with Gasteiger partial charge in [-0.15, -0.1) is 11.3 Å². The van der Waals surface area contributed by atoms with Crippen LogP contribution in [-0.2, 0) is 11.3 Å². The summed E-state index contributed by atoms with van der Waals surface area (Å²) in [6, 6.07) is 18.4. The van der Waals surface area contributed by atoms with Gasteiger partial charge in [0, 0.05) is 18.3 Å². The summed E-state index contributed by atoms with van der Waals surface area (Å²) in [6.07, 6.45) is 4.65. The van der Waals surface area contributed by atoms with E-state index in [1.807, 2.05) is 36.4 Å². The number of thiazole rings is 1. The first-order valence-electron chi connectivity index (χ1n) is 8.93. The minimum absolute atomic E-state index is 0.195. The van der Waals surface area contributed by atoms with Crippen LogP contribution in [0.5, 0.6) is 0 Å². The first kappa shape index (κ1) is 18.6. The summed E-state index contributed by atoms with van der Waals surface area (Å²) >= 11 is 1.54. The fraction of sp³-hybridized carbons (Fsp3) is 0.0455. The molecular weight excluding hydrogens is 386 g/mol. The van der Waals surface area contributed by atoms with Crippen molar-refractivity contribution in [1.82, 2.24) is 10.3 Å². The number of rotatable bonds is 6. The Morgan fingerprint density at radius 1 is 1.03 bits per heavy atom. The van der Waals surface area contributed by atoms with E-state index in [2.05, 4.69) is 15.6 Å². The van der Waals surface area contributed by atoms with Gasteiger partial charge in [-0.05, 0) is 48.0 Å². The highest BCUT2D eigenvalue weighted by Gasteiger charge is 2.08. The molecule has 4 rings (SSSR count). The Morgan fingerprint density at radius 3 is 2.62 bits per heavy atom. The maximum Gasteiger partial charge on any atom is 0.291 e. The second-order valence-electron chi connectivity index (χ2n) is 6.20. The topological polar surface area (TPSA) is 84.2 Å². The Balaban J connectivity index is 1.29. The molecule has 4 aromatic rings. The third-order valence-corrected chi connectivity index (χ3v) is 5.11. The normalized spacial score (nSPS) is 11.0. The molecule has 0 saturated carbocycles. The zero-order valence-corrected chi connectivity index (χ0v) is 16.1. The Labute approximate surface area is 170 Å². The van der Waals surface area contributed by atoms with Crippen molar-refractivity contribution < 1.29 is 14.0 Å². The van der Waals surface area contributed by atoms with E-state index in [-0.39, 0.29) is 17.6 Å². The van der Waals surface area contributed by atoms with Crippen LogP contribution < -0.4 is 10.6 Å². The van der Waals surface area contributed by atoms with E-state index >= 15 is 0 Å². The summed E-state index contributed by atoms with van der Waals surface area (Å²) in [5.41, 5.74) is 2.50. The summed E-state index contributed by atoms with van der Waals surface area (Å²) in [6.45, 7) is 0.384. The highest BCUT2D eigenvalue weighted by atomic mass is 32.1. The third kappa shape index (κ3) is 4.77. The lowest BCUT2D eigenvalue weighted by molar-refractivity contribution is -0.116. The predicted molar refractivity (Wildman–Crippen MR) is 114 cm³/mol. The number of hydrogen-bond acceptors (Lipinski definition) is 5. The van der Waals surface area contributed by atoms with Gasteiger partial charge in [-0.25, -0.2) is 4.98 Å². The van der Waals surface area contributed by atoms with Crippen LogP contribution in [0.2, 0.25) is 0 Å². The monoisotopic (exact) mass is 403 g/mol. The molecule has 0 unspecified atom stereocenters. The largest absolute Gasteiger partial charge is 0.459 e. The molecule has 0 radical (unpaired) electrons. The number of benzene rings is 2. The highest BCUT2D eigenvalue weighted by Crippen LogP contribution is 2.22. The Hall–Kier alpha value is -3.71. The number of furan rings is 1. The number of nitrogens with one attached hydrogen (secondary N) is 2. The number of aromatic nitrogens is 1. The van der Waals surface area contributed by atoms with Crippen molar-refractivity contribution in [2.24, 2.45) is 0 Å². The van der Waals surface area contributed by atoms with E-state index in [4.69, 9.17) is 4.42 Å². The molecule has 0 fully saturated rings. The number of anilines is 1. The molecule has 2 aromatic heterocycles. The van der Waals surface area contributed by atoms with Crippen LogP contribution in [0.3, 0.4) is 0 Å². The van der Waals surface area contributed by atoms with Crippen molar-refractivity contribution >= 4 is 45.1 Å². The van der Waals surface area contributed by atoms with E-state index in [0.717, 1.165) is 20.8 Å². The molecule has 2 amide bonds. The van der Waals surface area contributed by atoms with Gasteiger partial charge >= 0.3 is 0 Å². The maximum atomic E-state index is 12.1. The Morgan fingerprint density at radius 2 is 1.86 bits per heavy atom. The van der Waals surface area contributed by atoms with Crippen molar-refractivity contribution in [3.05, 3.63) is 89.3 Å². The molecule has 144 valence electrons. The Bertz CT molecular complexity index is 1130. The van der Waals surface area contributed by atoms with Gasteiger partial charge < -0.3 is 15.1 Å². The van der Waals surface area contributed by atoms with E-state index in [1.165, 1.54) is 23.7 Å². The van der Waals surface area contributed by atoms with Crippen LogP contribution in [0, 0.1) is 0 Å². The van der Waals surface area contributed by atoms with Gasteiger partial charge in [0.2, 0.25) is 5.91 Å². The molecule has 6 nitrogen and oxygen atoms in total. The molecule has 2 aromatic carbocycles. The minimum atomic E-state index is -0.309. The second-order valence-corrected chi connectivity index (χ2v) is 7.26. The molecule has 0 aliphatic carbocycles. The lowest BCUT2D eigenvalue weighted by Crippen LogP contribution is -2.20. The first-order valence-corrected chi connectivity index (χ1v) is 9.74. The number of carbonyl (C=O) groups is 2. The van der Waals surface area contributed by atoms with Crippen LogP contribution in [0.15, 0.2) is 77.4 Å². The lowest BCUT2D eigenvalue weighted by atomic mass is 10.2. The number of hydrogen-bond donors (Lipinski definition) is 2. The molecule has 0 aliphatic rings. The molecule has 0 saturated heterocycles. The maximum absolute atomic E-state index is 12.1. The van der Waals surface area contributed by atoms with Crippen molar-refractivity contribution in [1.29, 1.82) is 0 Å². The van der Waals surface area contributed by atoms with Gasteiger partial charge in [-0.1, -0.05) is 24.3 Å². The smallest absolute Gasteiger partial charge is 0.291 e. The molecule has 0 bridgehead atoms. The van der Waals surface area contributed by atoms with Crippen LogP contribution in [0.1, 0.15) is 21.1 Å². The molecule has 7 heteroatoms. The van der Waals surface area contributed by atoms with Gasteiger partial charge in [0.25, 0.3) is 5.91 Å². The fourth-order valence-electron chi connectivity index (χ4n) is 2.66. The van der Waals surface area contributed by atoms with E-state index in [1.54, 1.807) is 30.3 Å². The zero-order valence-electron chi connectivity index (χ0n) is 15.3. The Kier molecular flexibility index (Phi) is 5.49. The summed E-state index contributed by atoms with van der Waals surface area (Å²) in [4.78, 5) is 28.5. The number of carbonyl (C=O) groups excluding carboxylic acids is 2.